The number of carbonyl (C=O) groups is 1. The number of fused-ring (bicyclic) bond motifs is 1. The molecule has 0 radical (unpaired) electrons. The SMILES string of the molecule is COCc1nc(CCC(=O)O)nn2cnnc12. The Hall–Kier alpha value is -2.09. The molecule has 0 saturated heterocycles. The lowest BCUT2D eigenvalue weighted by Crippen LogP contribution is -2.09. The number of carboxylic acid groups (broad SMARTS) is 1. The molecule has 0 amide bonds. The van der Waals surface area contributed by atoms with E-state index in [1.807, 2.05) is 0 Å². The maximum atomic E-state index is 10.5. The molecule has 2 aromatic heterocycles. The van der Waals surface area contributed by atoms with Crippen molar-refractivity contribution >= 4 is 11.6 Å². The molecule has 90 valence electrons. The Morgan fingerprint density at radius 2 is 2.41 bits per heavy atom. The molecular formula is C9H11N5O3. The zero-order valence-electron chi connectivity index (χ0n) is 9.20. The maximum absolute atomic E-state index is 10.5. The van der Waals surface area contributed by atoms with Crippen molar-refractivity contribution in [2.45, 2.75) is 19.4 Å². The molecule has 8 nitrogen and oxygen atoms in total. The van der Waals surface area contributed by atoms with E-state index in [9.17, 15) is 4.79 Å². The van der Waals surface area contributed by atoms with E-state index in [4.69, 9.17) is 9.84 Å². The van der Waals surface area contributed by atoms with Crippen LogP contribution in [0.2, 0.25) is 0 Å². The van der Waals surface area contributed by atoms with Crippen LogP contribution < -0.4 is 0 Å². The van der Waals surface area contributed by atoms with Crippen molar-refractivity contribution in [3.63, 3.8) is 0 Å². The summed E-state index contributed by atoms with van der Waals surface area (Å²) in [5.41, 5.74) is 1.12. The number of methoxy groups -OCH3 is 1. The molecule has 0 atom stereocenters. The Balaban J connectivity index is 2.33. The molecule has 0 saturated carbocycles. The number of rotatable bonds is 5. The van der Waals surface area contributed by atoms with Gasteiger partial charge in [0.2, 0.25) is 5.65 Å². The van der Waals surface area contributed by atoms with Crippen LogP contribution in [-0.2, 0) is 22.6 Å². The number of carboxylic acids is 1. The van der Waals surface area contributed by atoms with Gasteiger partial charge in [0, 0.05) is 13.5 Å². The number of ether oxygens (including phenoxy) is 1. The monoisotopic (exact) mass is 237 g/mol. The molecule has 0 bridgehead atoms. The minimum atomic E-state index is -0.884. The lowest BCUT2D eigenvalue weighted by Gasteiger charge is -2.03. The van der Waals surface area contributed by atoms with E-state index in [0.29, 0.717) is 17.2 Å². The third-order valence-electron chi connectivity index (χ3n) is 2.12. The molecule has 8 heteroatoms. The first kappa shape index (κ1) is 11.4. The van der Waals surface area contributed by atoms with E-state index in [1.54, 1.807) is 7.11 Å². The van der Waals surface area contributed by atoms with Crippen LogP contribution in [0.3, 0.4) is 0 Å². The van der Waals surface area contributed by atoms with Gasteiger partial charge in [-0.05, 0) is 0 Å². The van der Waals surface area contributed by atoms with E-state index in [-0.39, 0.29) is 19.4 Å². The number of aryl methyl sites for hydroxylation is 1. The van der Waals surface area contributed by atoms with Crippen LogP contribution in [0.25, 0.3) is 5.65 Å². The Kier molecular flexibility index (Phi) is 3.24. The summed E-state index contributed by atoms with van der Waals surface area (Å²) in [5, 5.41) is 20.3. The van der Waals surface area contributed by atoms with Gasteiger partial charge in [0.1, 0.15) is 17.8 Å². The van der Waals surface area contributed by atoms with Crippen LogP contribution in [0, 0.1) is 0 Å². The van der Waals surface area contributed by atoms with E-state index in [0.717, 1.165) is 0 Å². The number of aliphatic carboxylic acids is 1. The van der Waals surface area contributed by atoms with Crippen molar-refractivity contribution in [1.29, 1.82) is 0 Å². The van der Waals surface area contributed by atoms with Gasteiger partial charge in [-0.15, -0.1) is 15.3 Å². The average Bonchev–Trinajstić information content (AvgIpc) is 2.75. The predicted octanol–water partition coefficient (Wildman–Crippen LogP) is -0.317. The predicted molar refractivity (Wildman–Crippen MR) is 55.2 cm³/mol. The summed E-state index contributed by atoms with van der Waals surface area (Å²) in [6.07, 6.45) is 1.70. The molecule has 0 aliphatic carbocycles. The molecular weight excluding hydrogens is 226 g/mol. The highest BCUT2D eigenvalue weighted by atomic mass is 16.5. The van der Waals surface area contributed by atoms with Gasteiger partial charge in [-0.2, -0.15) is 4.52 Å². The molecule has 0 unspecified atom stereocenters. The van der Waals surface area contributed by atoms with Gasteiger partial charge in [-0.25, -0.2) is 4.98 Å². The van der Waals surface area contributed by atoms with Crippen molar-refractivity contribution in [3.05, 3.63) is 17.8 Å². The zero-order valence-corrected chi connectivity index (χ0v) is 9.20. The number of hydrogen-bond donors (Lipinski definition) is 1. The van der Waals surface area contributed by atoms with Crippen molar-refractivity contribution in [3.8, 4) is 0 Å². The standard InChI is InChI=1S/C9H11N5O3/c1-17-4-6-9-12-10-5-14(9)13-7(11-6)2-3-8(15)16/h5H,2-4H2,1H3,(H,15,16). The number of aromatic nitrogens is 5. The smallest absolute Gasteiger partial charge is 0.303 e. The highest BCUT2D eigenvalue weighted by molar-refractivity contribution is 5.66. The molecule has 2 aromatic rings. The van der Waals surface area contributed by atoms with Crippen molar-refractivity contribution in [2.24, 2.45) is 0 Å². The van der Waals surface area contributed by atoms with Gasteiger partial charge in [0.25, 0.3) is 0 Å². The lowest BCUT2D eigenvalue weighted by molar-refractivity contribution is -0.137. The minimum absolute atomic E-state index is 0.0138. The fourth-order valence-corrected chi connectivity index (χ4v) is 1.40. The van der Waals surface area contributed by atoms with Gasteiger partial charge in [0.05, 0.1) is 13.0 Å². The van der Waals surface area contributed by atoms with Gasteiger partial charge in [-0.1, -0.05) is 0 Å². The molecule has 0 aliphatic heterocycles. The van der Waals surface area contributed by atoms with Gasteiger partial charge in [-0.3, -0.25) is 4.79 Å². The molecule has 2 rings (SSSR count). The molecule has 0 fully saturated rings. The van der Waals surface area contributed by atoms with Crippen LogP contribution in [0.15, 0.2) is 6.33 Å². The largest absolute Gasteiger partial charge is 0.481 e. The summed E-state index contributed by atoms with van der Waals surface area (Å²) in [6.45, 7) is 0.283. The topological polar surface area (TPSA) is 102 Å². The zero-order chi connectivity index (χ0) is 12.3. The Labute approximate surface area is 96.3 Å². The third kappa shape index (κ3) is 2.53. The Bertz CT molecular complexity index is 538. The van der Waals surface area contributed by atoms with Crippen molar-refractivity contribution in [2.75, 3.05) is 7.11 Å². The van der Waals surface area contributed by atoms with E-state index in [1.165, 1.54) is 10.8 Å². The molecule has 1 N–H and O–H groups in total. The fraction of sp³-hybridized carbons (Fsp3) is 0.444. The van der Waals surface area contributed by atoms with Crippen LogP contribution in [0.1, 0.15) is 17.9 Å². The maximum Gasteiger partial charge on any atom is 0.303 e. The molecule has 2 heterocycles. The first-order chi connectivity index (χ1) is 8.20. The minimum Gasteiger partial charge on any atom is -0.481 e. The van der Waals surface area contributed by atoms with Crippen molar-refractivity contribution < 1.29 is 14.6 Å². The number of nitrogens with zero attached hydrogens (tertiary/aromatic N) is 5. The summed E-state index contributed by atoms with van der Waals surface area (Å²) in [5.74, 6) is -0.447. The molecule has 0 aromatic carbocycles. The summed E-state index contributed by atoms with van der Waals surface area (Å²) >= 11 is 0. The Morgan fingerprint density at radius 1 is 1.59 bits per heavy atom. The highest BCUT2D eigenvalue weighted by Crippen LogP contribution is 2.06. The molecule has 17 heavy (non-hydrogen) atoms. The fourth-order valence-electron chi connectivity index (χ4n) is 1.40. The van der Waals surface area contributed by atoms with Crippen LogP contribution in [-0.4, -0.2) is 43.0 Å². The van der Waals surface area contributed by atoms with Crippen LogP contribution in [0.5, 0.6) is 0 Å². The summed E-state index contributed by atoms with van der Waals surface area (Å²) in [6, 6.07) is 0. The second kappa shape index (κ2) is 4.83. The molecule has 0 spiro atoms. The number of hydrogen-bond acceptors (Lipinski definition) is 6. The summed E-state index contributed by atoms with van der Waals surface area (Å²) in [7, 11) is 1.55. The van der Waals surface area contributed by atoms with Crippen molar-refractivity contribution in [1.82, 2.24) is 24.8 Å². The normalized spacial score (nSPS) is 10.9. The third-order valence-corrected chi connectivity index (χ3v) is 2.12. The van der Waals surface area contributed by atoms with Gasteiger partial charge < -0.3 is 9.84 Å². The van der Waals surface area contributed by atoms with E-state index >= 15 is 0 Å². The first-order valence-corrected chi connectivity index (χ1v) is 4.97. The quantitative estimate of drug-likeness (QED) is 0.760. The van der Waals surface area contributed by atoms with Crippen LogP contribution in [0.4, 0.5) is 0 Å². The van der Waals surface area contributed by atoms with Gasteiger partial charge >= 0.3 is 5.97 Å². The highest BCUT2D eigenvalue weighted by Gasteiger charge is 2.10. The Morgan fingerprint density at radius 3 is 3.12 bits per heavy atom. The second-order valence-corrected chi connectivity index (χ2v) is 3.40. The van der Waals surface area contributed by atoms with E-state index in [2.05, 4.69) is 20.3 Å². The van der Waals surface area contributed by atoms with Gasteiger partial charge in [0.15, 0.2) is 0 Å². The first-order valence-electron chi connectivity index (χ1n) is 4.97. The average molecular weight is 237 g/mol. The summed E-state index contributed by atoms with van der Waals surface area (Å²) < 4.78 is 6.47. The van der Waals surface area contributed by atoms with E-state index < -0.39 is 5.97 Å². The second-order valence-electron chi connectivity index (χ2n) is 3.40. The lowest BCUT2D eigenvalue weighted by atomic mass is 10.3. The molecule has 0 aliphatic rings. The summed E-state index contributed by atoms with van der Waals surface area (Å²) in [4.78, 5) is 14.7. The van der Waals surface area contributed by atoms with Crippen LogP contribution >= 0.6 is 0 Å².